The molecule has 0 atom stereocenters. The Balaban J connectivity index is 1.91. The average molecular weight is 329 g/mol. The summed E-state index contributed by atoms with van der Waals surface area (Å²) in [7, 11) is 0. The van der Waals surface area contributed by atoms with E-state index >= 15 is 0 Å². The van der Waals surface area contributed by atoms with Gasteiger partial charge in [0.05, 0.1) is 18.1 Å². The molecule has 128 valence electrons. The van der Waals surface area contributed by atoms with Gasteiger partial charge in [0.25, 0.3) is 5.91 Å². The van der Waals surface area contributed by atoms with Crippen LogP contribution >= 0.6 is 0 Å². The van der Waals surface area contributed by atoms with Crippen molar-refractivity contribution in [2.45, 2.75) is 33.2 Å². The zero-order valence-corrected chi connectivity index (χ0v) is 14.4. The van der Waals surface area contributed by atoms with Crippen LogP contribution in [0.1, 0.15) is 32.0 Å². The molecule has 0 saturated carbocycles. The molecule has 3 N–H and O–H groups in total. The molecular formula is C17H23N5O2. The summed E-state index contributed by atoms with van der Waals surface area (Å²) in [6.07, 6.45) is 3.42. The molecule has 0 fully saturated rings. The number of carbonyl (C=O) groups excluding carboxylic acids is 1. The Morgan fingerprint density at radius 1 is 1.38 bits per heavy atom. The molecule has 1 aromatic carbocycles. The Morgan fingerprint density at radius 2 is 2.04 bits per heavy atom. The number of hydrogen-bond acceptors (Lipinski definition) is 5. The molecule has 0 aliphatic heterocycles. The Kier molecular flexibility index (Phi) is 5.23. The van der Waals surface area contributed by atoms with Gasteiger partial charge in [-0.3, -0.25) is 4.79 Å². The smallest absolute Gasteiger partial charge is 0.258 e. The van der Waals surface area contributed by atoms with Gasteiger partial charge in [-0.2, -0.15) is 5.10 Å². The first-order chi connectivity index (χ1) is 11.2. The number of aryl methyl sites for hydroxylation is 1. The number of carbonyl (C=O) groups is 1. The van der Waals surface area contributed by atoms with Gasteiger partial charge >= 0.3 is 0 Å². The minimum absolute atomic E-state index is 0.0183. The summed E-state index contributed by atoms with van der Waals surface area (Å²) >= 11 is 0. The molecular weight excluding hydrogens is 306 g/mol. The van der Waals surface area contributed by atoms with Crippen LogP contribution in [0.25, 0.3) is 0 Å². The highest BCUT2D eigenvalue weighted by molar-refractivity contribution is 5.80. The van der Waals surface area contributed by atoms with E-state index in [1.165, 1.54) is 4.68 Å². The molecule has 7 nitrogen and oxygen atoms in total. The Bertz CT molecular complexity index is 726. The van der Waals surface area contributed by atoms with Crippen molar-refractivity contribution in [1.29, 1.82) is 0 Å². The number of anilines is 1. The summed E-state index contributed by atoms with van der Waals surface area (Å²) < 4.78 is 6.97. The second-order valence-corrected chi connectivity index (χ2v) is 6.49. The molecule has 0 unspecified atom stereocenters. The van der Waals surface area contributed by atoms with Gasteiger partial charge in [-0.25, -0.2) is 9.66 Å². The van der Waals surface area contributed by atoms with Gasteiger partial charge in [0.2, 0.25) is 5.95 Å². The van der Waals surface area contributed by atoms with Crippen LogP contribution in [0.5, 0.6) is 5.75 Å². The number of aromatic nitrogens is 2. The van der Waals surface area contributed by atoms with Crippen molar-refractivity contribution in [1.82, 2.24) is 15.0 Å². The van der Waals surface area contributed by atoms with Gasteiger partial charge in [-0.1, -0.05) is 0 Å². The fourth-order valence-electron chi connectivity index (χ4n) is 1.98. The third kappa shape index (κ3) is 5.42. The average Bonchev–Trinajstić information content (AvgIpc) is 2.80. The molecule has 0 spiro atoms. The van der Waals surface area contributed by atoms with E-state index in [0.29, 0.717) is 11.7 Å². The van der Waals surface area contributed by atoms with Crippen LogP contribution in [0.3, 0.4) is 0 Å². The van der Waals surface area contributed by atoms with Crippen molar-refractivity contribution in [2.24, 2.45) is 5.10 Å². The number of rotatable bonds is 5. The van der Waals surface area contributed by atoms with Gasteiger partial charge < -0.3 is 15.8 Å². The third-order valence-electron chi connectivity index (χ3n) is 2.93. The van der Waals surface area contributed by atoms with Crippen LogP contribution in [0.4, 0.5) is 5.95 Å². The monoisotopic (exact) mass is 329 g/mol. The molecule has 7 heteroatoms. The first-order valence-electron chi connectivity index (χ1n) is 7.63. The van der Waals surface area contributed by atoms with Crippen LogP contribution < -0.4 is 15.8 Å². The molecule has 2 rings (SSSR count). The highest BCUT2D eigenvalue weighted by atomic mass is 16.5. The first-order valence-corrected chi connectivity index (χ1v) is 7.63. The van der Waals surface area contributed by atoms with E-state index in [2.05, 4.69) is 15.4 Å². The topological polar surface area (TPSA) is 94.5 Å². The van der Waals surface area contributed by atoms with Gasteiger partial charge in [0.15, 0.2) is 6.61 Å². The number of amides is 1. The molecule has 0 radical (unpaired) electrons. The summed E-state index contributed by atoms with van der Waals surface area (Å²) in [5.41, 5.74) is 7.14. The van der Waals surface area contributed by atoms with E-state index in [4.69, 9.17) is 10.5 Å². The van der Waals surface area contributed by atoms with E-state index in [1.54, 1.807) is 24.5 Å². The van der Waals surface area contributed by atoms with Crippen LogP contribution in [0.15, 0.2) is 35.6 Å². The van der Waals surface area contributed by atoms with Crippen LogP contribution in [0, 0.1) is 6.92 Å². The van der Waals surface area contributed by atoms with Gasteiger partial charge in [-0.15, -0.1) is 0 Å². The largest absolute Gasteiger partial charge is 0.484 e. The number of nitrogens with zero attached hydrogens (tertiary/aromatic N) is 3. The van der Waals surface area contributed by atoms with Gasteiger partial charge in [-0.05, 0) is 57.5 Å². The number of nitrogens with two attached hydrogens (primary N) is 1. The number of benzene rings is 1. The predicted octanol–water partition coefficient (Wildman–Crippen LogP) is 1.95. The third-order valence-corrected chi connectivity index (χ3v) is 2.93. The van der Waals surface area contributed by atoms with Crippen molar-refractivity contribution in [3.63, 3.8) is 0 Å². The van der Waals surface area contributed by atoms with Crippen molar-refractivity contribution >= 4 is 18.1 Å². The molecule has 1 heterocycles. The Morgan fingerprint density at radius 3 is 2.58 bits per heavy atom. The van der Waals surface area contributed by atoms with E-state index < -0.39 is 0 Å². The molecule has 0 saturated heterocycles. The highest BCUT2D eigenvalue weighted by Gasteiger charge is 2.13. The summed E-state index contributed by atoms with van der Waals surface area (Å²) in [5.74, 6) is 0.807. The van der Waals surface area contributed by atoms with Crippen molar-refractivity contribution < 1.29 is 9.53 Å². The summed E-state index contributed by atoms with van der Waals surface area (Å²) in [6.45, 7) is 7.61. The number of ether oxygens (including phenoxy) is 1. The first kappa shape index (κ1) is 17.5. The zero-order valence-electron chi connectivity index (χ0n) is 14.4. The number of imidazole rings is 1. The minimum Gasteiger partial charge on any atom is -0.484 e. The quantitative estimate of drug-likeness (QED) is 0.820. The maximum atomic E-state index is 11.7. The van der Waals surface area contributed by atoms with Gasteiger partial charge in [0.1, 0.15) is 5.75 Å². The van der Waals surface area contributed by atoms with E-state index in [-0.39, 0.29) is 18.1 Å². The highest BCUT2D eigenvalue weighted by Crippen LogP contribution is 2.12. The fraction of sp³-hybridized carbons (Fsp3) is 0.353. The lowest BCUT2D eigenvalue weighted by Gasteiger charge is -2.20. The lowest BCUT2D eigenvalue weighted by molar-refractivity contribution is -0.124. The second kappa shape index (κ2) is 7.16. The molecule has 1 amide bonds. The molecule has 2 aromatic rings. The van der Waals surface area contributed by atoms with E-state index in [9.17, 15) is 4.79 Å². The fourth-order valence-corrected chi connectivity index (χ4v) is 1.98. The van der Waals surface area contributed by atoms with Crippen LogP contribution in [-0.4, -0.2) is 33.9 Å². The molecule has 1 aromatic heterocycles. The second-order valence-electron chi connectivity index (χ2n) is 6.49. The Labute approximate surface area is 141 Å². The van der Waals surface area contributed by atoms with Crippen molar-refractivity contribution in [3.8, 4) is 5.75 Å². The molecule has 0 aliphatic rings. The van der Waals surface area contributed by atoms with Gasteiger partial charge in [0, 0.05) is 5.54 Å². The van der Waals surface area contributed by atoms with Crippen LogP contribution in [0.2, 0.25) is 0 Å². The van der Waals surface area contributed by atoms with E-state index in [1.807, 2.05) is 39.8 Å². The lowest BCUT2D eigenvalue weighted by atomic mass is 10.1. The minimum atomic E-state index is -0.270. The number of hydrogen-bond donors (Lipinski definition) is 2. The van der Waals surface area contributed by atoms with Crippen molar-refractivity contribution in [3.05, 3.63) is 41.7 Å². The lowest BCUT2D eigenvalue weighted by Crippen LogP contribution is -2.43. The maximum absolute atomic E-state index is 11.7. The molecule has 0 aliphatic carbocycles. The predicted molar refractivity (Wildman–Crippen MR) is 94.2 cm³/mol. The standard InChI is InChI=1S/C17H23N5O2/c1-12-10-22(16(18)20-12)19-9-13-5-7-14(8-6-13)24-11-15(23)21-17(2,3)4/h5-10H,11H2,1-4H3,(H2,18,20)(H,21,23). The van der Waals surface area contributed by atoms with Crippen molar-refractivity contribution in [2.75, 3.05) is 12.3 Å². The summed E-state index contributed by atoms with van der Waals surface area (Å²) in [6, 6.07) is 7.27. The summed E-state index contributed by atoms with van der Waals surface area (Å²) in [5, 5.41) is 7.08. The molecule has 24 heavy (non-hydrogen) atoms. The Hall–Kier alpha value is -2.83. The number of nitrogen functional groups attached to an aromatic ring is 1. The molecule has 0 bridgehead atoms. The maximum Gasteiger partial charge on any atom is 0.258 e. The van der Waals surface area contributed by atoms with E-state index in [0.717, 1.165) is 11.3 Å². The van der Waals surface area contributed by atoms with Crippen LogP contribution in [-0.2, 0) is 4.79 Å². The number of nitrogens with one attached hydrogen (secondary N) is 1. The normalized spacial score (nSPS) is 11.7. The SMILES string of the molecule is Cc1cn(N=Cc2ccc(OCC(=O)NC(C)(C)C)cc2)c(N)n1. The zero-order chi connectivity index (χ0) is 17.7. The summed E-state index contributed by atoms with van der Waals surface area (Å²) in [4.78, 5) is 15.8.